The number of nitrogens with one attached hydrogen (secondary N) is 1. The third kappa shape index (κ3) is 2.92. The number of rotatable bonds is 4. The van der Waals surface area contributed by atoms with Crippen molar-refractivity contribution in [1.82, 2.24) is 5.32 Å². The molecule has 3 nitrogen and oxygen atoms in total. The number of amidine groups is 1. The minimum atomic E-state index is 0.383. The molecule has 3 unspecified atom stereocenters. The van der Waals surface area contributed by atoms with Gasteiger partial charge in [0.25, 0.3) is 0 Å². The molecule has 0 saturated heterocycles. The first-order valence-electron chi connectivity index (χ1n) is 6.34. The molecule has 4 heteroatoms. The van der Waals surface area contributed by atoms with Crippen molar-refractivity contribution in [3.8, 4) is 0 Å². The first kappa shape index (κ1) is 12.2. The lowest BCUT2D eigenvalue weighted by atomic mass is 10.2. The Labute approximate surface area is 102 Å². The van der Waals surface area contributed by atoms with Crippen LogP contribution in [0.15, 0.2) is 4.99 Å². The van der Waals surface area contributed by atoms with Crippen molar-refractivity contribution in [2.45, 2.75) is 56.4 Å². The molecule has 2 rings (SSSR count). The van der Waals surface area contributed by atoms with Gasteiger partial charge in [0.2, 0.25) is 0 Å². The van der Waals surface area contributed by atoms with Gasteiger partial charge in [-0.1, -0.05) is 25.1 Å². The first-order chi connectivity index (χ1) is 7.83. The van der Waals surface area contributed by atoms with Crippen LogP contribution in [0.4, 0.5) is 0 Å². The lowest BCUT2D eigenvalue weighted by Gasteiger charge is -2.20. The topological polar surface area (TPSA) is 33.6 Å². The largest absolute Gasteiger partial charge is 0.379 e. The van der Waals surface area contributed by atoms with Gasteiger partial charge in [0.15, 0.2) is 5.17 Å². The maximum atomic E-state index is 5.48. The SMILES string of the molecule is CCCC1CN=C(NC2CCCC2OC)S1. The van der Waals surface area contributed by atoms with Crippen molar-refractivity contribution in [2.24, 2.45) is 4.99 Å². The second-order valence-electron chi connectivity index (χ2n) is 4.63. The van der Waals surface area contributed by atoms with E-state index in [1.54, 1.807) is 0 Å². The maximum Gasteiger partial charge on any atom is 0.157 e. The van der Waals surface area contributed by atoms with Gasteiger partial charge in [0, 0.05) is 12.4 Å². The summed E-state index contributed by atoms with van der Waals surface area (Å²) < 4.78 is 5.48. The van der Waals surface area contributed by atoms with E-state index in [1.807, 2.05) is 18.9 Å². The summed E-state index contributed by atoms with van der Waals surface area (Å²) in [4.78, 5) is 4.58. The summed E-state index contributed by atoms with van der Waals surface area (Å²) in [5.41, 5.74) is 0. The molecular weight excluding hydrogens is 220 g/mol. The number of hydrogen-bond acceptors (Lipinski definition) is 4. The monoisotopic (exact) mass is 242 g/mol. The first-order valence-corrected chi connectivity index (χ1v) is 7.22. The number of thioether (sulfide) groups is 1. The third-order valence-corrected chi connectivity index (χ3v) is 4.58. The van der Waals surface area contributed by atoms with Crippen LogP contribution in [0.2, 0.25) is 0 Å². The number of nitrogens with zero attached hydrogens (tertiary/aromatic N) is 1. The fourth-order valence-electron chi connectivity index (χ4n) is 2.50. The zero-order valence-corrected chi connectivity index (χ0v) is 11.1. The van der Waals surface area contributed by atoms with E-state index < -0.39 is 0 Å². The third-order valence-electron chi connectivity index (χ3n) is 3.39. The van der Waals surface area contributed by atoms with Crippen LogP contribution in [0.3, 0.4) is 0 Å². The average Bonchev–Trinajstić information content (AvgIpc) is 2.89. The van der Waals surface area contributed by atoms with Gasteiger partial charge in [-0.3, -0.25) is 4.99 Å². The number of ether oxygens (including phenoxy) is 1. The van der Waals surface area contributed by atoms with Gasteiger partial charge in [-0.25, -0.2) is 0 Å². The van der Waals surface area contributed by atoms with Crippen LogP contribution in [0.1, 0.15) is 39.0 Å². The Bertz CT molecular complexity index is 257. The molecule has 1 fully saturated rings. The molecule has 1 saturated carbocycles. The van der Waals surface area contributed by atoms with Crippen molar-refractivity contribution in [1.29, 1.82) is 0 Å². The summed E-state index contributed by atoms with van der Waals surface area (Å²) in [5.74, 6) is 0. The van der Waals surface area contributed by atoms with Gasteiger partial charge >= 0.3 is 0 Å². The minimum Gasteiger partial charge on any atom is -0.379 e. The van der Waals surface area contributed by atoms with Crippen LogP contribution < -0.4 is 5.32 Å². The molecule has 16 heavy (non-hydrogen) atoms. The van der Waals surface area contributed by atoms with Gasteiger partial charge in [-0.15, -0.1) is 0 Å². The smallest absolute Gasteiger partial charge is 0.157 e. The Morgan fingerprint density at radius 3 is 3.12 bits per heavy atom. The lowest BCUT2D eigenvalue weighted by Crippen LogP contribution is -2.39. The van der Waals surface area contributed by atoms with Crippen LogP contribution >= 0.6 is 11.8 Å². The van der Waals surface area contributed by atoms with E-state index in [0.717, 1.165) is 11.7 Å². The summed E-state index contributed by atoms with van der Waals surface area (Å²) >= 11 is 1.92. The molecule has 1 N–H and O–H groups in total. The molecule has 1 aliphatic heterocycles. The summed E-state index contributed by atoms with van der Waals surface area (Å²) in [6.45, 7) is 3.23. The standard InChI is InChI=1S/C12H22N2OS/c1-3-5-9-8-13-12(16-9)14-10-6-4-7-11(10)15-2/h9-11H,3-8H2,1-2H3,(H,13,14). The molecule has 0 bridgehead atoms. The molecule has 0 amide bonds. The quantitative estimate of drug-likeness (QED) is 0.822. The number of hydrogen-bond donors (Lipinski definition) is 1. The van der Waals surface area contributed by atoms with E-state index in [2.05, 4.69) is 17.2 Å². The van der Waals surface area contributed by atoms with Gasteiger partial charge in [0.1, 0.15) is 0 Å². The van der Waals surface area contributed by atoms with E-state index in [4.69, 9.17) is 4.74 Å². The zero-order chi connectivity index (χ0) is 11.4. The molecule has 92 valence electrons. The highest BCUT2D eigenvalue weighted by Crippen LogP contribution is 2.27. The second kappa shape index (κ2) is 5.92. The predicted molar refractivity (Wildman–Crippen MR) is 70.2 cm³/mol. The average molecular weight is 242 g/mol. The van der Waals surface area contributed by atoms with E-state index in [1.165, 1.54) is 32.1 Å². The van der Waals surface area contributed by atoms with Gasteiger partial charge in [-0.2, -0.15) is 0 Å². The number of methoxy groups -OCH3 is 1. The highest BCUT2D eigenvalue weighted by molar-refractivity contribution is 8.14. The molecule has 2 aliphatic rings. The second-order valence-corrected chi connectivity index (χ2v) is 5.92. The van der Waals surface area contributed by atoms with Crippen LogP contribution in [-0.4, -0.2) is 36.2 Å². The molecule has 1 aliphatic carbocycles. The highest BCUT2D eigenvalue weighted by Gasteiger charge is 2.29. The molecule has 0 aromatic rings. The summed E-state index contributed by atoms with van der Waals surface area (Å²) in [6, 6.07) is 0.483. The normalized spacial score (nSPS) is 34.1. The van der Waals surface area contributed by atoms with Crippen molar-refractivity contribution >= 4 is 16.9 Å². The molecule has 0 aromatic heterocycles. The van der Waals surface area contributed by atoms with Crippen molar-refractivity contribution < 1.29 is 4.74 Å². The Balaban J connectivity index is 1.78. The fourth-order valence-corrected chi connectivity index (χ4v) is 3.69. The molecule has 3 atom stereocenters. The van der Waals surface area contributed by atoms with E-state index in [-0.39, 0.29) is 0 Å². The molecular formula is C12H22N2OS. The maximum absolute atomic E-state index is 5.48. The summed E-state index contributed by atoms with van der Waals surface area (Å²) in [6.07, 6.45) is 6.59. The van der Waals surface area contributed by atoms with E-state index >= 15 is 0 Å². The molecule has 0 spiro atoms. The fraction of sp³-hybridized carbons (Fsp3) is 0.917. The van der Waals surface area contributed by atoms with Crippen molar-refractivity contribution in [3.05, 3.63) is 0 Å². The highest BCUT2D eigenvalue weighted by atomic mass is 32.2. The Kier molecular flexibility index (Phi) is 4.53. The van der Waals surface area contributed by atoms with Crippen LogP contribution in [0, 0.1) is 0 Å². The van der Waals surface area contributed by atoms with Crippen LogP contribution in [0.25, 0.3) is 0 Å². The Morgan fingerprint density at radius 2 is 2.38 bits per heavy atom. The molecule has 0 radical (unpaired) electrons. The predicted octanol–water partition coefficient (Wildman–Crippen LogP) is 2.42. The summed E-state index contributed by atoms with van der Waals surface area (Å²) in [5, 5.41) is 5.40. The van der Waals surface area contributed by atoms with Crippen molar-refractivity contribution in [2.75, 3.05) is 13.7 Å². The van der Waals surface area contributed by atoms with E-state index in [0.29, 0.717) is 17.4 Å². The van der Waals surface area contributed by atoms with Crippen molar-refractivity contribution in [3.63, 3.8) is 0 Å². The number of aliphatic imine (C=N–C) groups is 1. The lowest BCUT2D eigenvalue weighted by molar-refractivity contribution is 0.0910. The minimum absolute atomic E-state index is 0.383. The zero-order valence-electron chi connectivity index (χ0n) is 10.2. The molecule has 0 aromatic carbocycles. The van der Waals surface area contributed by atoms with E-state index in [9.17, 15) is 0 Å². The van der Waals surface area contributed by atoms with Crippen LogP contribution in [-0.2, 0) is 4.74 Å². The molecule has 1 heterocycles. The van der Waals surface area contributed by atoms with Gasteiger partial charge in [0.05, 0.1) is 18.7 Å². The van der Waals surface area contributed by atoms with Gasteiger partial charge < -0.3 is 10.1 Å². The summed E-state index contributed by atoms with van der Waals surface area (Å²) in [7, 11) is 1.81. The Morgan fingerprint density at radius 1 is 1.50 bits per heavy atom. The van der Waals surface area contributed by atoms with Crippen LogP contribution in [0.5, 0.6) is 0 Å². The Hall–Kier alpha value is -0.220. The van der Waals surface area contributed by atoms with Gasteiger partial charge in [-0.05, 0) is 25.7 Å².